The van der Waals surface area contributed by atoms with Gasteiger partial charge in [0.1, 0.15) is 17.2 Å². The van der Waals surface area contributed by atoms with Crippen molar-refractivity contribution in [2.75, 3.05) is 0 Å². The number of benzene rings is 1. The Balaban J connectivity index is 1.33. The van der Waals surface area contributed by atoms with Gasteiger partial charge in [0.15, 0.2) is 17.7 Å². The Bertz CT molecular complexity index is 1290. The molecule has 3 fully saturated rings. The minimum atomic E-state index is -1.05. The monoisotopic (exact) mass is 471 g/mol. The summed E-state index contributed by atoms with van der Waals surface area (Å²) in [6.45, 7) is 0.180. The van der Waals surface area contributed by atoms with Gasteiger partial charge in [-0.2, -0.15) is 0 Å². The lowest BCUT2D eigenvalue weighted by molar-refractivity contribution is -0.170. The van der Waals surface area contributed by atoms with Crippen molar-refractivity contribution < 1.29 is 28.2 Å². The van der Waals surface area contributed by atoms with Crippen LogP contribution in [0, 0.1) is 11.6 Å². The second-order valence-electron chi connectivity index (χ2n) is 9.63. The number of aromatic nitrogens is 1. The molecule has 2 amide bonds. The topological polar surface area (TPSA) is 101 Å². The molecule has 6 rings (SSSR count). The highest BCUT2D eigenvalue weighted by Crippen LogP contribution is 2.46. The molecule has 2 aromatic rings. The van der Waals surface area contributed by atoms with Crippen LogP contribution in [0.25, 0.3) is 0 Å². The molecule has 10 heteroatoms. The molecule has 0 radical (unpaired) electrons. The minimum Gasteiger partial charge on any atom is -0.503 e. The number of hydrogen-bond donors (Lipinski definition) is 2. The fraction of sp³-hybridized carbons (Fsp3) is 0.458. The van der Waals surface area contributed by atoms with Crippen LogP contribution in [0.15, 0.2) is 29.2 Å². The zero-order valence-electron chi connectivity index (χ0n) is 18.2. The molecule has 2 N–H and O–H groups in total. The van der Waals surface area contributed by atoms with Crippen LogP contribution in [0.3, 0.4) is 0 Å². The number of hydrogen-bond acceptors (Lipinski definition) is 5. The SMILES string of the molecule is O=C(NC1(c2ccc(F)cc2F)CC1)c1cn2c(c(O)c1=O)C(=O)N1C(C2)O[C@H]2CCC[C@@H]1C2. The van der Waals surface area contributed by atoms with E-state index < -0.39 is 46.4 Å². The van der Waals surface area contributed by atoms with Crippen LogP contribution in [0.4, 0.5) is 8.78 Å². The molecule has 2 aliphatic heterocycles. The van der Waals surface area contributed by atoms with Crippen LogP contribution in [0.1, 0.15) is 64.9 Å². The standard InChI is InChI=1S/C24H23F2N3O5/c25-12-4-5-16(17(26)8-12)24(6-7-24)27-22(32)15-10-28-11-18-29(13-2-1-3-14(9-13)34-18)23(33)19(28)21(31)20(15)30/h4-5,8,10,13-14,18,31H,1-3,6-7,9,11H2,(H,27,32)/t13-,14+,18?/m1/s1. The molecule has 178 valence electrons. The highest BCUT2D eigenvalue weighted by Gasteiger charge is 2.49. The van der Waals surface area contributed by atoms with Crippen molar-refractivity contribution in [1.82, 2.24) is 14.8 Å². The van der Waals surface area contributed by atoms with Crippen molar-refractivity contribution in [2.45, 2.75) is 69.0 Å². The molecule has 3 atom stereocenters. The molecule has 34 heavy (non-hydrogen) atoms. The van der Waals surface area contributed by atoms with Gasteiger partial charge >= 0.3 is 0 Å². The summed E-state index contributed by atoms with van der Waals surface area (Å²) in [6.07, 6.45) is 5.07. The molecular weight excluding hydrogens is 448 g/mol. The number of nitrogens with one attached hydrogen (secondary N) is 1. The van der Waals surface area contributed by atoms with Gasteiger partial charge in [-0.3, -0.25) is 14.4 Å². The van der Waals surface area contributed by atoms with Crippen molar-refractivity contribution >= 4 is 11.8 Å². The summed E-state index contributed by atoms with van der Waals surface area (Å²) in [4.78, 5) is 40.8. The van der Waals surface area contributed by atoms with Gasteiger partial charge in [-0.15, -0.1) is 0 Å². The lowest BCUT2D eigenvalue weighted by Gasteiger charge is -2.50. The second kappa shape index (κ2) is 7.36. The maximum Gasteiger partial charge on any atom is 0.276 e. The van der Waals surface area contributed by atoms with Crippen molar-refractivity contribution in [3.05, 3.63) is 63.1 Å². The third-order valence-electron chi connectivity index (χ3n) is 7.49. The van der Waals surface area contributed by atoms with Gasteiger partial charge in [0.2, 0.25) is 5.43 Å². The van der Waals surface area contributed by atoms with Crippen LogP contribution in [-0.4, -0.2) is 44.8 Å². The number of carbonyl (C=O) groups is 2. The van der Waals surface area contributed by atoms with E-state index >= 15 is 0 Å². The summed E-state index contributed by atoms with van der Waals surface area (Å²) in [7, 11) is 0. The van der Waals surface area contributed by atoms with Crippen LogP contribution >= 0.6 is 0 Å². The highest BCUT2D eigenvalue weighted by molar-refractivity contribution is 5.99. The van der Waals surface area contributed by atoms with Gasteiger partial charge in [-0.25, -0.2) is 8.78 Å². The molecule has 1 unspecified atom stereocenters. The summed E-state index contributed by atoms with van der Waals surface area (Å²) >= 11 is 0. The van der Waals surface area contributed by atoms with Crippen molar-refractivity contribution in [3.63, 3.8) is 0 Å². The van der Waals surface area contributed by atoms with E-state index in [1.165, 1.54) is 16.8 Å². The van der Waals surface area contributed by atoms with E-state index in [2.05, 4.69) is 5.32 Å². The number of amides is 2. The normalized spacial score (nSPS) is 26.5. The lowest BCUT2D eigenvalue weighted by atomic mass is 9.89. The molecule has 2 bridgehead atoms. The van der Waals surface area contributed by atoms with Crippen LogP contribution < -0.4 is 10.7 Å². The van der Waals surface area contributed by atoms with Gasteiger partial charge in [0.05, 0.1) is 18.2 Å². The van der Waals surface area contributed by atoms with Gasteiger partial charge in [-0.1, -0.05) is 6.07 Å². The van der Waals surface area contributed by atoms with Crippen molar-refractivity contribution in [3.8, 4) is 5.75 Å². The Kier molecular flexibility index (Phi) is 4.61. The molecule has 0 spiro atoms. The number of aromatic hydroxyl groups is 1. The molecule has 8 nitrogen and oxygen atoms in total. The van der Waals surface area contributed by atoms with E-state index in [1.54, 1.807) is 4.90 Å². The van der Waals surface area contributed by atoms with Crippen molar-refractivity contribution in [1.29, 1.82) is 0 Å². The Morgan fingerprint density at radius 3 is 2.74 bits per heavy atom. The fourth-order valence-corrected chi connectivity index (χ4v) is 5.67. The van der Waals surface area contributed by atoms with Gasteiger partial charge in [0, 0.05) is 23.9 Å². The number of pyridine rings is 1. The highest BCUT2D eigenvalue weighted by atomic mass is 19.1. The molecule has 3 heterocycles. The van der Waals surface area contributed by atoms with Gasteiger partial charge < -0.3 is 24.6 Å². The Labute approximate surface area is 193 Å². The number of halogens is 2. The van der Waals surface area contributed by atoms with Gasteiger partial charge in [-0.05, 0) is 44.6 Å². The molecule has 4 aliphatic rings. The third kappa shape index (κ3) is 3.15. The van der Waals surface area contributed by atoms with E-state index in [0.29, 0.717) is 12.8 Å². The largest absolute Gasteiger partial charge is 0.503 e. The Morgan fingerprint density at radius 2 is 2.00 bits per heavy atom. The van der Waals surface area contributed by atoms with Crippen LogP contribution in [-0.2, 0) is 16.8 Å². The second-order valence-corrected chi connectivity index (χ2v) is 9.63. The van der Waals surface area contributed by atoms with E-state index in [1.807, 2.05) is 0 Å². The molecule has 1 aromatic carbocycles. The van der Waals surface area contributed by atoms with E-state index in [-0.39, 0.29) is 35.5 Å². The average molecular weight is 471 g/mol. The lowest BCUT2D eigenvalue weighted by Crippen LogP contribution is -2.61. The predicted octanol–water partition coefficient (Wildman–Crippen LogP) is 2.37. The maximum atomic E-state index is 14.4. The molecule has 2 saturated carbocycles. The summed E-state index contributed by atoms with van der Waals surface area (Å²) in [5, 5.41) is 13.3. The first kappa shape index (κ1) is 21.3. The molecule has 1 aromatic heterocycles. The quantitative estimate of drug-likeness (QED) is 0.716. The maximum absolute atomic E-state index is 14.4. The molecule has 1 saturated heterocycles. The molecule has 2 aliphatic carbocycles. The Morgan fingerprint density at radius 1 is 1.21 bits per heavy atom. The zero-order chi connectivity index (χ0) is 23.8. The molecular formula is C24H23F2N3O5. The van der Waals surface area contributed by atoms with Gasteiger partial charge in [0.25, 0.3) is 11.8 Å². The third-order valence-corrected chi connectivity index (χ3v) is 7.49. The summed E-state index contributed by atoms with van der Waals surface area (Å²) < 4.78 is 35.2. The van der Waals surface area contributed by atoms with E-state index in [0.717, 1.165) is 37.8 Å². The predicted molar refractivity (Wildman–Crippen MR) is 114 cm³/mol. The average Bonchev–Trinajstić information content (AvgIpc) is 3.55. The number of rotatable bonds is 3. The Hall–Kier alpha value is -3.27. The number of ether oxygens (including phenoxy) is 1. The van der Waals surface area contributed by atoms with E-state index in [4.69, 9.17) is 4.74 Å². The smallest absolute Gasteiger partial charge is 0.276 e. The first-order chi connectivity index (χ1) is 16.3. The van der Waals surface area contributed by atoms with Crippen LogP contribution in [0.5, 0.6) is 5.75 Å². The zero-order valence-corrected chi connectivity index (χ0v) is 18.2. The summed E-state index contributed by atoms with van der Waals surface area (Å²) in [5.74, 6) is -3.59. The number of carbonyl (C=O) groups excluding carboxylic acids is 2. The fourth-order valence-electron chi connectivity index (χ4n) is 5.67. The van der Waals surface area contributed by atoms with E-state index in [9.17, 15) is 28.3 Å². The number of fused-ring (bicyclic) bond motifs is 5. The summed E-state index contributed by atoms with van der Waals surface area (Å²) in [5.41, 5.74) is -2.39. The first-order valence-corrected chi connectivity index (χ1v) is 11.5. The van der Waals surface area contributed by atoms with Crippen LogP contribution in [0.2, 0.25) is 0 Å². The van der Waals surface area contributed by atoms with Crippen molar-refractivity contribution in [2.24, 2.45) is 0 Å². The first-order valence-electron chi connectivity index (χ1n) is 11.5. The number of nitrogens with zero attached hydrogens (tertiary/aromatic N) is 2. The summed E-state index contributed by atoms with van der Waals surface area (Å²) in [6, 6.07) is 3.13. The minimum absolute atomic E-state index is 0.00319.